The molecule has 80 valence electrons. The zero-order valence-electron chi connectivity index (χ0n) is 9.61. The molecule has 0 spiro atoms. The Kier molecular flexibility index (Phi) is 3.61. The zero-order valence-corrected chi connectivity index (χ0v) is 10.6. The van der Waals surface area contributed by atoms with E-state index in [9.17, 15) is 0 Å². The third-order valence-corrected chi connectivity index (χ3v) is 2.89. The van der Waals surface area contributed by atoms with Crippen molar-refractivity contribution in [3.8, 4) is 6.07 Å². The molecule has 0 aliphatic rings. The van der Waals surface area contributed by atoms with Crippen molar-refractivity contribution in [1.29, 1.82) is 5.26 Å². The summed E-state index contributed by atoms with van der Waals surface area (Å²) in [4.78, 5) is 4.03. The first-order valence-electron chi connectivity index (χ1n) is 4.92. The Bertz CT molecular complexity index is 379. The Morgan fingerprint density at radius 1 is 1.47 bits per heavy atom. The summed E-state index contributed by atoms with van der Waals surface area (Å²) in [5.41, 5.74) is 1.93. The minimum absolute atomic E-state index is 0.481. The fourth-order valence-corrected chi connectivity index (χ4v) is 2.15. The number of nitriles is 1. The van der Waals surface area contributed by atoms with Crippen LogP contribution in [0, 0.1) is 18.3 Å². The lowest BCUT2D eigenvalue weighted by Crippen LogP contribution is -2.27. The van der Waals surface area contributed by atoms with Crippen LogP contribution in [0.5, 0.6) is 0 Å². The highest BCUT2D eigenvalue weighted by molar-refractivity contribution is 6.69. The predicted molar refractivity (Wildman–Crippen MR) is 61.8 cm³/mol. The van der Waals surface area contributed by atoms with Crippen molar-refractivity contribution >= 4 is 8.32 Å². The molecule has 0 N–H and O–H groups in total. The Balaban J connectivity index is 2.95. The second kappa shape index (κ2) is 4.56. The molecule has 1 heterocycles. The predicted octanol–water partition coefficient (Wildman–Crippen LogP) is 2.81. The maximum Gasteiger partial charge on any atom is 0.186 e. The molecule has 15 heavy (non-hydrogen) atoms. The van der Waals surface area contributed by atoms with Crippen LogP contribution in [0.15, 0.2) is 18.5 Å². The normalized spacial score (nSPS) is 13.3. The van der Waals surface area contributed by atoms with Crippen molar-refractivity contribution in [2.45, 2.75) is 32.7 Å². The second-order valence-electron chi connectivity index (χ2n) is 4.47. The number of hydrogen-bond donors (Lipinski definition) is 0. The van der Waals surface area contributed by atoms with Crippen molar-refractivity contribution in [3.63, 3.8) is 0 Å². The SMILES string of the molecule is Cc1ccncc1C(C#N)O[Si](C)(C)C. The number of hydrogen-bond acceptors (Lipinski definition) is 3. The molecular weight excluding hydrogens is 204 g/mol. The van der Waals surface area contributed by atoms with Gasteiger partial charge in [-0.05, 0) is 38.2 Å². The van der Waals surface area contributed by atoms with Crippen molar-refractivity contribution in [3.05, 3.63) is 29.6 Å². The van der Waals surface area contributed by atoms with Gasteiger partial charge in [0.2, 0.25) is 0 Å². The Morgan fingerprint density at radius 3 is 2.60 bits per heavy atom. The lowest BCUT2D eigenvalue weighted by Gasteiger charge is -2.22. The van der Waals surface area contributed by atoms with E-state index in [0.717, 1.165) is 11.1 Å². The molecule has 0 aliphatic carbocycles. The first kappa shape index (κ1) is 11.9. The molecule has 0 saturated carbocycles. The van der Waals surface area contributed by atoms with E-state index in [4.69, 9.17) is 9.69 Å². The summed E-state index contributed by atoms with van der Waals surface area (Å²) >= 11 is 0. The molecule has 1 aromatic rings. The first-order chi connectivity index (χ1) is 6.94. The molecule has 1 unspecified atom stereocenters. The topological polar surface area (TPSA) is 45.9 Å². The van der Waals surface area contributed by atoms with Crippen LogP contribution in [-0.2, 0) is 4.43 Å². The van der Waals surface area contributed by atoms with Gasteiger partial charge in [0, 0.05) is 18.0 Å². The molecule has 0 saturated heterocycles. The van der Waals surface area contributed by atoms with Gasteiger partial charge in [-0.3, -0.25) is 4.98 Å². The number of aryl methyl sites for hydroxylation is 1. The first-order valence-corrected chi connectivity index (χ1v) is 8.33. The van der Waals surface area contributed by atoms with Crippen LogP contribution in [0.2, 0.25) is 19.6 Å². The highest BCUT2D eigenvalue weighted by Gasteiger charge is 2.23. The Morgan fingerprint density at radius 2 is 2.13 bits per heavy atom. The molecule has 0 aromatic carbocycles. The fourth-order valence-electron chi connectivity index (χ4n) is 1.26. The van der Waals surface area contributed by atoms with E-state index in [0.29, 0.717) is 0 Å². The van der Waals surface area contributed by atoms with Crippen LogP contribution < -0.4 is 0 Å². The quantitative estimate of drug-likeness (QED) is 0.736. The van der Waals surface area contributed by atoms with Crippen molar-refractivity contribution in [2.24, 2.45) is 0 Å². The van der Waals surface area contributed by atoms with Crippen LogP contribution in [-0.4, -0.2) is 13.3 Å². The summed E-state index contributed by atoms with van der Waals surface area (Å²) < 4.78 is 5.79. The minimum atomic E-state index is -1.70. The Labute approximate surface area is 91.9 Å². The van der Waals surface area contributed by atoms with Gasteiger partial charge >= 0.3 is 0 Å². The van der Waals surface area contributed by atoms with Gasteiger partial charge in [-0.15, -0.1) is 0 Å². The van der Waals surface area contributed by atoms with Gasteiger partial charge in [0.15, 0.2) is 14.4 Å². The average molecular weight is 220 g/mol. The highest BCUT2D eigenvalue weighted by Crippen LogP contribution is 2.23. The van der Waals surface area contributed by atoms with E-state index in [1.807, 2.05) is 13.0 Å². The third kappa shape index (κ3) is 3.46. The molecule has 1 rings (SSSR count). The largest absolute Gasteiger partial charge is 0.399 e. The molecule has 1 aromatic heterocycles. The van der Waals surface area contributed by atoms with E-state index in [2.05, 4.69) is 30.7 Å². The van der Waals surface area contributed by atoms with Gasteiger partial charge in [0.05, 0.1) is 6.07 Å². The summed E-state index contributed by atoms with van der Waals surface area (Å²) in [7, 11) is -1.70. The molecule has 0 aliphatic heterocycles. The number of pyridine rings is 1. The summed E-state index contributed by atoms with van der Waals surface area (Å²) in [6.45, 7) is 8.18. The smallest absolute Gasteiger partial charge is 0.186 e. The maximum absolute atomic E-state index is 9.09. The molecular formula is C11H16N2OSi. The van der Waals surface area contributed by atoms with Crippen molar-refractivity contribution in [1.82, 2.24) is 4.98 Å². The molecule has 4 heteroatoms. The van der Waals surface area contributed by atoms with Gasteiger partial charge < -0.3 is 4.43 Å². The molecule has 0 radical (unpaired) electrons. The number of nitrogens with zero attached hydrogens (tertiary/aromatic N) is 2. The molecule has 0 fully saturated rings. The van der Waals surface area contributed by atoms with Crippen LogP contribution in [0.3, 0.4) is 0 Å². The summed E-state index contributed by atoms with van der Waals surface area (Å²) in [6.07, 6.45) is 2.95. The molecule has 3 nitrogen and oxygen atoms in total. The van der Waals surface area contributed by atoms with Crippen molar-refractivity contribution < 1.29 is 4.43 Å². The van der Waals surface area contributed by atoms with Crippen LogP contribution in [0.1, 0.15) is 17.2 Å². The number of rotatable bonds is 3. The third-order valence-electron chi connectivity index (χ3n) is 1.95. The van der Waals surface area contributed by atoms with Gasteiger partial charge in [0.25, 0.3) is 0 Å². The van der Waals surface area contributed by atoms with E-state index in [-0.39, 0.29) is 0 Å². The standard InChI is InChI=1S/C11H16N2OSi/c1-9-5-6-13-8-10(9)11(7-12)14-15(2,3)4/h5-6,8,11H,1-4H3. The van der Waals surface area contributed by atoms with E-state index >= 15 is 0 Å². The molecule has 0 amide bonds. The zero-order chi connectivity index (χ0) is 11.5. The average Bonchev–Trinajstić information content (AvgIpc) is 2.14. The lowest BCUT2D eigenvalue weighted by atomic mass is 10.1. The molecule has 1 atom stereocenters. The summed E-state index contributed by atoms with van der Waals surface area (Å²) in [5.74, 6) is 0. The van der Waals surface area contributed by atoms with E-state index in [1.54, 1.807) is 12.4 Å². The number of aromatic nitrogens is 1. The van der Waals surface area contributed by atoms with Crippen LogP contribution >= 0.6 is 0 Å². The summed E-state index contributed by atoms with van der Waals surface area (Å²) in [5, 5.41) is 9.09. The summed E-state index contributed by atoms with van der Waals surface area (Å²) in [6, 6.07) is 4.08. The monoisotopic (exact) mass is 220 g/mol. The lowest BCUT2D eigenvalue weighted by molar-refractivity contribution is 0.254. The fraction of sp³-hybridized carbons (Fsp3) is 0.455. The highest BCUT2D eigenvalue weighted by atomic mass is 28.4. The van der Waals surface area contributed by atoms with Crippen LogP contribution in [0.25, 0.3) is 0 Å². The molecule has 0 bridgehead atoms. The van der Waals surface area contributed by atoms with Gasteiger partial charge in [-0.25, -0.2) is 0 Å². The second-order valence-corrected chi connectivity index (χ2v) is 8.93. The van der Waals surface area contributed by atoms with Gasteiger partial charge in [-0.2, -0.15) is 5.26 Å². The van der Waals surface area contributed by atoms with Crippen molar-refractivity contribution in [2.75, 3.05) is 0 Å². The van der Waals surface area contributed by atoms with Gasteiger partial charge in [0.1, 0.15) is 0 Å². The van der Waals surface area contributed by atoms with Crippen LogP contribution in [0.4, 0.5) is 0 Å². The minimum Gasteiger partial charge on any atom is -0.399 e. The maximum atomic E-state index is 9.09. The van der Waals surface area contributed by atoms with Gasteiger partial charge in [-0.1, -0.05) is 0 Å². The Hall–Kier alpha value is -1.18. The van der Waals surface area contributed by atoms with E-state index < -0.39 is 14.4 Å². The van der Waals surface area contributed by atoms with E-state index in [1.165, 1.54) is 0 Å².